The lowest BCUT2D eigenvalue weighted by molar-refractivity contribution is 0.722. The Hall–Kier alpha value is -1.31. The van der Waals surface area contributed by atoms with Gasteiger partial charge in [-0.3, -0.25) is 0 Å². The Balaban J connectivity index is 0.000000771. The molecule has 0 spiro atoms. The molecule has 0 aliphatic rings. The number of hydrogen-bond acceptors (Lipinski definition) is 1. The van der Waals surface area contributed by atoms with Crippen molar-refractivity contribution in [2.45, 2.75) is 53.4 Å². The van der Waals surface area contributed by atoms with Gasteiger partial charge in [-0.05, 0) is 23.6 Å². The lowest BCUT2D eigenvalue weighted by Gasteiger charge is -2.05. The molecule has 0 aliphatic heterocycles. The van der Waals surface area contributed by atoms with Crippen LogP contribution >= 0.6 is 0 Å². The van der Waals surface area contributed by atoms with E-state index in [9.17, 15) is 0 Å². The molecule has 0 atom stereocenters. The monoisotopic (exact) mass is 246 g/mol. The molecule has 2 nitrogen and oxygen atoms in total. The van der Waals surface area contributed by atoms with E-state index in [4.69, 9.17) is 4.98 Å². The summed E-state index contributed by atoms with van der Waals surface area (Å²) in [6, 6.07) is 6.61. The first kappa shape index (κ1) is 14.7. The van der Waals surface area contributed by atoms with E-state index in [2.05, 4.69) is 57.5 Å². The first-order valence-corrected chi connectivity index (χ1v) is 6.97. The fourth-order valence-corrected chi connectivity index (χ4v) is 2.11. The Morgan fingerprint density at radius 1 is 1.00 bits per heavy atom. The maximum Gasteiger partial charge on any atom is 0.112 e. The lowest BCUT2D eigenvalue weighted by Crippen LogP contribution is -1.99. The van der Waals surface area contributed by atoms with Gasteiger partial charge in [-0.1, -0.05) is 47.6 Å². The van der Waals surface area contributed by atoms with Crippen LogP contribution in [0.2, 0.25) is 0 Å². The van der Waals surface area contributed by atoms with Crippen molar-refractivity contribution in [1.82, 2.24) is 9.55 Å². The third-order valence-electron chi connectivity index (χ3n) is 3.12. The van der Waals surface area contributed by atoms with Crippen molar-refractivity contribution in [2.75, 3.05) is 0 Å². The third kappa shape index (κ3) is 2.74. The van der Waals surface area contributed by atoms with Crippen LogP contribution in [-0.4, -0.2) is 9.55 Å². The molecule has 2 rings (SSSR count). The third-order valence-corrected chi connectivity index (χ3v) is 3.12. The van der Waals surface area contributed by atoms with Crippen LogP contribution < -0.4 is 0 Å². The molecule has 0 radical (unpaired) electrons. The van der Waals surface area contributed by atoms with Crippen molar-refractivity contribution >= 4 is 11.0 Å². The van der Waals surface area contributed by atoms with Crippen molar-refractivity contribution in [3.05, 3.63) is 29.6 Å². The summed E-state index contributed by atoms with van der Waals surface area (Å²) in [7, 11) is 2.10. The van der Waals surface area contributed by atoms with Gasteiger partial charge in [-0.15, -0.1) is 0 Å². The standard InChI is InChI=1S/C14H20N2.C2H6/c1-9(2)11-6-7-13-12(8-11)15-14(10(3)4)16(13)5;1-2/h6-10H,1-5H3;1-2H3. The van der Waals surface area contributed by atoms with Gasteiger partial charge in [0, 0.05) is 13.0 Å². The van der Waals surface area contributed by atoms with Gasteiger partial charge in [0.2, 0.25) is 0 Å². The highest BCUT2D eigenvalue weighted by molar-refractivity contribution is 5.77. The topological polar surface area (TPSA) is 17.8 Å². The molecule has 0 unspecified atom stereocenters. The second-order valence-electron chi connectivity index (χ2n) is 5.09. The SMILES string of the molecule is CC.CC(C)c1ccc2c(c1)nc(C(C)C)n2C. The molecule has 0 fully saturated rings. The summed E-state index contributed by atoms with van der Waals surface area (Å²) in [6.07, 6.45) is 0. The molecule has 0 N–H and O–H groups in total. The number of rotatable bonds is 2. The van der Waals surface area contributed by atoms with Gasteiger partial charge < -0.3 is 4.57 Å². The van der Waals surface area contributed by atoms with E-state index in [1.54, 1.807) is 0 Å². The molecule has 0 aliphatic carbocycles. The number of benzene rings is 1. The second kappa shape index (κ2) is 6.03. The smallest absolute Gasteiger partial charge is 0.112 e. The summed E-state index contributed by atoms with van der Waals surface area (Å²) < 4.78 is 2.20. The summed E-state index contributed by atoms with van der Waals surface area (Å²) >= 11 is 0. The number of fused-ring (bicyclic) bond motifs is 1. The molecular weight excluding hydrogens is 220 g/mol. The average molecular weight is 246 g/mol. The number of aryl methyl sites for hydroxylation is 1. The molecule has 1 aromatic carbocycles. The zero-order chi connectivity index (χ0) is 13.9. The Morgan fingerprint density at radius 2 is 1.61 bits per heavy atom. The van der Waals surface area contributed by atoms with Crippen LogP contribution in [0.4, 0.5) is 0 Å². The van der Waals surface area contributed by atoms with Gasteiger partial charge >= 0.3 is 0 Å². The van der Waals surface area contributed by atoms with Crippen LogP contribution in [0.1, 0.15) is 64.8 Å². The van der Waals surface area contributed by atoms with E-state index >= 15 is 0 Å². The van der Waals surface area contributed by atoms with E-state index in [1.807, 2.05) is 13.8 Å². The van der Waals surface area contributed by atoms with Crippen LogP contribution in [0.25, 0.3) is 11.0 Å². The number of aromatic nitrogens is 2. The molecule has 0 bridgehead atoms. The van der Waals surface area contributed by atoms with Crippen molar-refractivity contribution < 1.29 is 0 Å². The van der Waals surface area contributed by atoms with Gasteiger partial charge in [-0.25, -0.2) is 4.98 Å². The van der Waals surface area contributed by atoms with Crippen LogP contribution in [0.3, 0.4) is 0 Å². The van der Waals surface area contributed by atoms with Crippen molar-refractivity contribution in [3.8, 4) is 0 Å². The van der Waals surface area contributed by atoms with E-state index in [0.717, 1.165) is 11.3 Å². The van der Waals surface area contributed by atoms with Crippen molar-refractivity contribution in [3.63, 3.8) is 0 Å². The Bertz CT molecular complexity index is 507. The van der Waals surface area contributed by atoms with Crippen molar-refractivity contribution in [1.29, 1.82) is 0 Å². The zero-order valence-electron chi connectivity index (χ0n) is 12.8. The maximum atomic E-state index is 4.72. The minimum Gasteiger partial charge on any atom is -0.331 e. The fraction of sp³-hybridized carbons (Fsp3) is 0.562. The number of nitrogens with zero attached hydrogens (tertiary/aromatic N) is 2. The fourth-order valence-electron chi connectivity index (χ4n) is 2.11. The normalized spacial score (nSPS) is 10.9. The Labute approximate surface area is 111 Å². The molecular formula is C16H26N2. The predicted molar refractivity (Wildman–Crippen MR) is 80.2 cm³/mol. The highest BCUT2D eigenvalue weighted by atomic mass is 15.1. The van der Waals surface area contributed by atoms with Crippen molar-refractivity contribution in [2.24, 2.45) is 7.05 Å². The first-order chi connectivity index (χ1) is 8.50. The summed E-state index contributed by atoms with van der Waals surface area (Å²) in [5, 5.41) is 0. The molecule has 0 amide bonds. The van der Waals surface area contributed by atoms with Crippen LogP contribution in [0, 0.1) is 0 Å². The van der Waals surface area contributed by atoms with Gasteiger partial charge in [-0.2, -0.15) is 0 Å². The van der Waals surface area contributed by atoms with Crippen LogP contribution in [0.5, 0.6) is 0 Å². The molecule has 1 aromatic heterocycles. The molecule has 2 heteroatoms. The van der Waals surface area contributed by atoms with E-state index < -0.39 is 0 Å². The highest BCUT2D eigenvalue weighted by Gasteiger charge is 2.11. The van der Waals surface area contributed by atoms with E-state index in [0.29, 0.717) is 11.8 Å². The second-order valence-corrected chi connectivity index (χ2v) is 5.09. The predicted octanol–water partition coefficient (Wildman–Crippen LogP) is 4.85. The zero-order valence-corrected chi connectivity index (χ0v) is 12.8. The Morgan fingerprint density at radius 3 is 2.11 bits per heavy atom. The summed E-state index contributed by atoms with van der Waals surface area (Å²) in [5.74, 6) is 2.20. The minimum atomic E-state index is 0.472. The van der Waals surface area contributed by atoms with Gasteiger partial charge in [0.25, 0.3) is 0 Å². The first-order valence-electron chi connectivity index (χ1n) is 6.97. The largest absolute Gasteiger partial charge is 0.331 e. The van der Waals surface area contributed by atoms with Gasteiger partial charge in [0.15, 0.2) is 0 Å². The molecule has 1 heterocycles. The highest BCUT2D eigenvalue weighted by Crippen LogP contribution is 2.24. The molecule has 0 saturated heterocycles. The molecule has 100 valence electrons. The Kier molecular flexibility index (Phi) is 4.94. The van der Waals surface area contributed by atoms with Gasteiger partial charge in [0.1, 0.15) is 5.82 Å². The molecule has 0 saturated carbocycles. The summed E-state index contributed by atoms with van der Waals surface area (Å²) in [5.41, 5.74) is 3.71. The number of hydrogen-bond donors (Lipinski definition) is 0. The number of imidazole rings is 1. The molecule has 18 heavy (non-hydrogen) atoms. The quantitative estimate of drug-likeness (QED) is 0.741. The lowest BCUT2D eigenvalue weighted by atomic mass is 10.0. The summed E-state index contributed by atoms with van der Waals surface area (Å²) in [6.45, 7) is 12.8. The van der Waals surface area contributed by atoms with E-state index in [-0.39, 0.29) is 0 Å². The maximum absolute atomic E-state index is 4.72. The van der Waals surface area contributed by atoms with Crippen LogP contribution in [0.15, 0.2) is 18.2 Å². The molecule has 2 aromatic rings. The average Bonchev–Trinajstić information content (AvgIpc) is 2.69. The van der Waals surface area contributed by atoms with E-state index in [1.165, 1.54) is 11.1 Å². The van der Waals surface area contributed by atoms with Gasteiger partial charge in [0.05, 0.1) is 11.0 Å². The summed E-state index contributed by atoms with van der Waals surface area (Å²) in [4.78, 5) is 4.72. The minimum absolute atomic E-state index is 0.472. The van der Waals surface area contributed by atoms with Crippen LogP contribution in [-0.2, 0) is 7.05 Å².